The van der Waals surface area contributed by atoms with Gasteiger partial charge in [-0.25, -0.2) is 0 Å². The molecule has 1 heterocycles. The van der Waals surface area contributed by atoms with Gasteiger partial charge in [0, 0.05) is 25.6 Å². The topological polar surface area (TPSA) is 46.3 Å². The van der Waals surface area contributed by atoms with E-state index in [-0.39, 0.29) is 17.9 Å². The van der Waals surface area contributed by atoms with E-state index < -0.39 is 0 Å². The molecule has 1 saturated heterocycles. The van der Waals surface area contributed by atoms with Gasteiger partial charge in [0.1, 0.15) is 0 Å². The molecule has 1 aliphatic rings. The zero-order chi connectivity index (χ0) is 14.5. The van der Waals surface area contributed by atoms with Gasteiger partial charge in [0.15, 0.2) is 0 Å². The maximum atomic E-state index is 12.4. The second-order valence-corrected chi connectivity index (χ2v) is 6.09. The molecule has 110 valence electrons. The fraction of sp³-hybridized carbons (Fsp3) is 0.588. The lowest BCUT2D eigenvalue weighted by Gasteiger charge is -2.34. The summed E-state index contributed by atoms with van der Waals surface area (Å²) in [6.45, 7) is 5.93. The Morgan fingerprint density at radius 1 is 1.25 bits per heavy atom. The van der Waals surface area contributed by atoms with E-state index in [2.05, 4.69) is 26.0 Å². The minimum atomic E-state index is 0.246. The van der Waals surface area contributed by atoms with Crippen LogP contribution < -0.4 is 5.73 Å². The lowest BCUT2D eigenvalue weighted by molar-refractivity contribution is -0.133. The smallest absolute Gasteiger partial charge is 0.223 e. The zero-order valence-electron chi connectivity index (χ0n) is 12.6. The average Bonchev–Trinajstić information content (AvgIpc) is 2.48. The van der Waals surface area contributed by atoms with Crippen molar-refractivity contribution in [3.05, 3.63) is 35.9 Å². The van der Waals surface area contributed by atoms with Crippen molar-refractivity contribution in [2.75, 3.05) is 13.1 Å². The summed E-state index contributed by atoms with van der Waals surface area (Å²) >= 11 is 0. The molecule has 2 rings (SSSR count). The van der Waals surface area contributed by atoms with Crippen molar-refractivity contribution >= 4 is 5.91 Å². The van der Waals surface area contributed by atoms with E-state index in [4.69, 9.17) is 5.73 Å². The Kier molecular flexibility index (Phi) is 5.18. The van der Waals surface area contributed by atoms with Crippen LogP contribution in [0.2, 0.25) is 0 Å². The molecule has 20 heavy (non-hydrogen) atoms. The van der Waals surface area contributed by atoms with Crippen LogP contribution >= 0.6 is 0 Å². The van der Waals surface area contributed by atoms with Gasteiger partial charge in [-0.15, -0.1) is 0 Å². The Bertz CT molecular complexity index is 422. The number of likely N-dealkylation sites (tertiary alicyclic amines) is 1. The van der Waals surface area contributed by atoms with Crippen molar-refractivity contribution < 1.29 is 4.79 Å². The summed E-state index contributed by atoms with van der Waals surface area (Å²) in [4.78, 5) is 14.4. The summed E-state index contributed by atoms with van der Waals surface area (Å²) in [5, 5.41) is 0. The van der Waals surface area contributed by atoms with Gasteiger partial charge in [-0.05, 0) is 37.2 Å². The van der Waals surface area contributed by atoms with Gasteiger partial charge in [0.2, 0.25) is 5.91 Å². The lowest BCUT2D eigenvalue weighted by Crippen LogP contribution is -2.42. The fourth-order valence-electron chi connectivity index (χ4n) is 2.97. The van der Waals surface area contributed by atoms with E-state index in [1.807, 2.05) is 23.1 Å². The normalized spacial score (nSPS) is 19.6. The van der Waals surface area contributed by atoms with Crippen molar-refractivity contribution in [2.24, 2.45) is 11.7 Å². The van der Waals surface area contributed by atoms with Gasteiger partial charge in [0.05, 0.1) is 0 Å². The first-order valence-corrected chi connectivity index (χ1v) is 7.66. The molecule has 0 saturated carbocycles. The van der Waals surface area contributed by atoms with Crippen LogP contribution in [0.25, 0.3) is 0 Å². The van der Waals surface area contributed by atoms with E-state index in [0.717, 1.165) is 25.9 Å². The van der Waals surface area contributed by atoms with E-state index in [1.165, 1.54) is 5.56 Å². The molecule has 0 aromatic heterocycles. The van der Waals surface area contributed by atoms with E-state index in [0.29, 0.717) is 12.3 Å². The van der Waals surface area contributed by atoms with Crippen LogP contribution in [0.3, 0.4) is 0 Å². The molecule has 2 atom stereocenters. The average molecular weight is 274 g/mol. The van der Waals surface area contributed by atoms with Crippen molar-refractivity contribution in [3.63, 3.8) is 0 Å². The summed E-state index contributed by atoms with van der Waals surface area (Å²) in [5.41, 5.74) is 7.18. The molecule has 2 unspecified atom stereocenters. The summed E-state index contributed by atoms with van der Waals surface area (Å²) in [6.07, 6.45) is 2.69. The highest BCUT2D eigenvalue weighted by molar-refractivity contribution is 5.77. The van der Waals surface area contributed by atoms with Gasteiger partial charge in [-0.3, -0.25) is 4.79 Å². The quantitative estimate of drug-likeness (QED) is 0.917. The summed E-state index contributed by atoms with van der Waals surface area (Å²) in [7, 11) is 0. The highest BCUT2D eigenvalue weighted by Crippen LogP contribution is 2.23. The molecule has 1 aliphatic heterocycles. The molecule has 1 fully saturated rings. The predicted octanol–water partition coefficient (Wildman–Crippen LogP) is 2.77. The molecule has 1 amide bonds. The SMILES string of the molecule is CC(CC(=O)N1CCC(C(C)N)CC1)c1ccccc1. The van der Waals surface area contributed by atoms with E-state index in [1.54, 1.807) is 0 Å². The summed E-state index contributed by atoms with van der Waals surface area (Å²) in [5.74, 6) is 1.14. The van der Waals surface area contributed by atoms with Crippen LogP contribution in [0.5, 0.6) is 0 Å². The number of nitrogens with two attached hydrogens (primary N) is 1. The van der Waals surface area contributed by atoms with E-state index >= 15 is 0 Å². The zero-order valence-corrected chi connectivity index (χ0v) is 12.6. The third kappa shape index (κ3) is 3.83. The second kappa shape index (κ2) is 6.89. The van der Waals surface area contributed by atoms with Gasteiger partial charge in [-0.2, -0.15) is 0 Å². The van der Waals surface area contributed by atoms with Crippen LogP contribution in [0.4, 0.5) is 0 Å². The molecule has 1 aromatic rings. The minimum Gasteiger partial charge on any atom is -0.343 e. The Morgan fingerprint density at radius 3 is 2.40 bits per heavy atom. The number of piperidine rings is 1. The number of benzene rings is 1. The largest absolute Gasteiger partial charge is 0.343 e. The Labute approximate surface area is 122 Å². The van der Waals surface area contributed by atoms with Gasteiger partial charge in [-0.1, -0.05) is 37.3 Å². The van der Waals surface area contributed by atoms with Gasteiger partial charge < -0.3 is 10.6 Å². The summed E-state index contributed by atoms with van der Waals surface area (Å²) in [6, 6.07) is 10.5. The highest BCUT2D eigenvalue weighted by Gasteiger charge is 2.25. The molecule has 3 nitrogen and oxygen atoms in total. The van der Waals surface area contributed by atoms with Crippen LogP contribution in [0, 0.1) is 5.92 Å². The second-order valence-electron chi connectivity index (χ2n) is 6.09. The third-order valence-electron chi connectivity index (χ3n) is 4.49. The van der Waals surface area contributed by atoms with Crippen LogP contribution in [-0.2, 0) is 4.79 Å². The van der Waals surface area contributed by atoms with Crippen molar-refractivity contribution in [1.82, 2.24) is 4.90 Å². The Balaban J connectivity index is 1.84. The van der Waals surface area contributed by atoms with Crippen LogP contribution in [-0.4, -0.2) is 29.9 Å². The first-order valence-electron chi connectivity index (χ1n) is 7.66. The molecular formula is C17H26N2O. The molecule has 0 bridgehead atoms. The highest BCUT2D eigenvalue weighted by atomic mass is 16.2. The molecule has 2 N–H and O–H groups in total. The fourth-order valence-corrected chi connectivity index (χ4v) is 2.97. The number of amides is 1. The molecule has 3 heteroatoms. The first kappa shape index (κ1) is 15.0. The maximum absolute atomic E-state index is 12.4. The summed E-state index contributed by atoms with van der Waals surface area (Å²) < 4.78 is 0. The third-order valence-corrected chi connectivity index (χ3v) is 4.49. The number of nitrogens with zero attached hydrogens (tertiary/aromatic N) is 1. The number of rotatable bonds is 4. The monoisotopic (exact) mass is 274 g/mol. The molecule has 0 spiro atoms. The maximum Gasteiger partial charge on any atom is 0.223 e. The predicted molar refractivity (Wildman–Crippen MR) is 82.4 cm³/mol. The lowest BCUT2D eigenvalue weighted by atomic mass is 9.90. The van der Waals surface area contributed by atoms with E-state index in [9.17, 15) is 4.79 Å². The van der Waals surface area contributed by atoms with Gasteiger partial charge in [0.25, 0.3) is 0 Å². The van der Waals surface area contributed by atoms with Crippen molar-refractivity contribution in [3.8, 4) is 0 Å². The molecular weight excluding hydrogens is 248 g/mol. The Hall–Kier alpha value is -1.35. The van der Waals surface area contributed by atoms with Gasteiger partial charge >= 0.3 is 0 Å². The molecule has 0 aliphatic carbocycles. The number of hydrogen-bond donors (Lipinski definition) is 1. The van der Waals surface area contributed by atoms with Crippen LogP contribution in [0.15, 0.2) is 30.3 Å². The minimum absolute atomic E-state index is 0.246. The first-order chi connectivity index (χ1) is 9.58. The molecule has 1 aromatic carbocycles. The number of hydrogen-bond acceptors (Lipinski definition) is 2. The van der Waals surface area contributed by atoms with Crippen molar-refractivity contribution in [1.29, 1.82) is 0 Å². The van der Waals surface area contributed by atoms with Crippen LogP contribution in [0.1, 0.15) is 44.6 Å². The van der Waals surface area contributed by atoms with Crippen molar-refractivity contribution in [2.45, 2.75) is 45.1 Å². The standard InChI is InChI=1S/C17H26N2O/c1-13(15-6-4-3-5-7-15)12-17(20)19-10-8-16(9-11-19)14(2)18/h3-7,13-14,16H,8-12,18H2,1-2H3. The molecule has 0 radical (unpaired) electrons. The Morgan fingerprint density at radius 2 is 1.85 bits per heavy atom. The number of carbonyl (C=O) groups is 1. The number of carbonyl (C=O) groups excluding carboxylic acids is 1.